The van der Waals surface area contributed by atoms with Crippen LogP contribution < -0.4 is 5.56 Å². The number of carboxylic acid groups (broad SMARTS) is 1. The first-order chi connectivity index (χ1) is 8.97. The van der Waals surface area contributed by atoms with Gasteiger partial charge in [0.2, 0.25) is 0 Å². The molecule has 0 amide bonds. The lowest BCUT2D eigenvalue weighted by Crippen LogP contribution is -2.13. The van der Waals surface area contributed by atoms with Gasteiger partial charge >= 0.3 is 5.97 Å². The van der Waals surface area contributed by atoms with Crippen LogP contribution >= 0.6 is 23.2 Å². The molecule has 0 bridgehead atoms. The number of aromatic nitrogens is 2. The number of hydrogen-bond acceptors (Lipinski definition) is 3. The van der Waals surface area contributed by atoms with E-state index in [1.54, 1.807) is 18.2 Å². The molecule has 98 valence electrons. The number of nitrogens with zero attached hydrogens (tertiary/aromatic N) is 1. The molecule has 0 atom stereocenters. The number of benzene rings is 1. The summed E-state index contributed by atoms with van der Waals surface area (Å²) in [7, 11) is 0. The van der Waals surface area contributed by atoms with Crippen molar-refractivity contribution in [1.82, 2.24) is 9.97 Å². The highest BCUT2D eigenvalue weighted by Gasteiger charge is 2.13. The molecular weight excluding hydrogens is 291 g/mol. The monoisotopic (exact) mass is 298 g/mol. The van der Waals surface area contributed by atoms with Crippen LogP contribution in [-0.4, -0.2) is 21.0 Å². The molecule has 0 aliphatic heterocycles. The maximum atomic E-state index is 11.5. The Bertz CT molecular complexity index is 677. The van der Waals surface area contributed by atoms with Crippen molar-refractivity contribution in [3.8, 4) is 11.4 Å². The molecule has 0 fully saturated rings. The number of H-pyrrole nitrogens is 1. The number of carbonyl (C=O) groups is 1. The second kappa shape index (κ2) is 5.42. The van der Waals surface area contributed by atoms with E-state index in [-0.39, 0.29) is 17.9 Å². The molecule has 0 unspecified atom stereocenters. The maximum Gasteiger partial charge on any atom is 0.309 e. The number of rotatable bonds is 3. The third-order valence-electron chi connectivity index (χ3n) is 2.33. The standard InChI is InChI=1S/C12H8Cl2N2O3/c13-7-2-1-3-8(14)11(7)12-15-6(5-10(18)19)4-9(17)16-12/h1-4H,5H2,(H,18,19)(H,15,16,17). The van der Waals surface area contributed by atoms with E-state index in [4.69, 9.17) is 28.3 Å². The van der Waals surface area contributed by atoms with Crippen LogP contribution in [0.4, 0.5) is 0 Å². The molecule has 1 heterocycles. The van der Waals surface area contributed by atoms with Gasteiger partial charge in [0.1, 0.15) is 5.82 Å². The largest absolute Gasteiger partial charge is 0.481 e. The van der Waals surface area contributed by atoms with Gasteiger partial charge in [0.05, 0.1) is 27.7 Å². The quantitative estimate of drug-likeness (QED) is 0.911. The van der Waals surface area contributed by atoms with Crippen LogP contribution in [0.5, 0.6) is 0 Å². The van der Waals surface area contributed by atoms with E-state index >= 15 is 0 Å². The second-order valence-electron chi connectivity index (χ2n) is 3.75. The van der Waals surface area contributed by atoms with E-state index in [1.165, 1.54) is 0 Å². The third kappa shape index (κ3) is 3.13. The first-order valence-electron chi connectivity index (χ1n) is 5.24. The molecule has 0 spiro atoms. The summed E-state index contributed by atoms with van der Waals surface area (Å²) in [5.41, 5.74) is 0.0506. The van der Waals surface area contributed by atoms with Gasteiger partial charge in [0.25, 0.3) is 5.56 Å². The van der Waals surface area contributed by atoms with Crippen LogP contribution in [0.3, 0.4) is 0 Å². The van der Waals surface area contributed by atoms with E-state index in [0.29, 0.717) is 15.6 Å². The zero-order valence-corrected chi connectivity index (χ0v) is 11.0. The molecule has 2 N–H and O–H groups in total. The average Bonchev–Trinajstić information content (AvgIpc) is 2.26. The van der Waals surface area contributed by atoms with Crippen molar-refractivity contribution in [3.05, 3.63) is 50.4 Å². The van der Waals surface area contributed by atoms with Crippen molar-refractivity contribution in [2.75, 3.05) is 0 Å². The Balaban J connectivity index is 2.59. The second-order valence-corrected chi connectivity index (χ2v) is 4.57. The molecule has 2 aromatic rings. The number of carboxylic acids is 1. The van der Waals surface area contributed by atoms with Crippen molar-refractivity contribution in [2.24, 2.45) is 0 Å². The van der Waals surface area contributed by atoms with Crippen LogP contribution in [0.25, 0.3) is 11.4 Å². The average molecular weight is 299 g/mol. The van der Waals surface area contributed by atoms with Crippen LogP contribution in [0, 0.1) is 0 Å². The molecule has 0 saturated heterocycles. The van der Waals surface area contributed by atoms with Gasteiger partial charge in [0, 0.05) is 6.07 Å². The minimum atomic E-state index is -1.07. The van der Waals surface area contributed by atoms with Crippen molar-refractivity contribution >= 4 is 29.2 Å². The summed E-state index contributed by atoms with van der Waals surface area (Å²) in [5.74, 6) is -0.923. The predicted molar refractivity (Wildman–Crippen MR) is 71.7 cm³/mol. The number of aromatic amines is 1. The van der Waals surface area contributed by atoms with E-state index in [2.05, 4.69) is 9.97 Å². The Kier molecular flexibility index (Phi) is 3.87. The summed E-state index contributed by atoms with van der Waals surface area (Å²) in [6, 6.07) is 6.00. The smallest absolute Gasteiger partial charge is 0.309 e. The van der Waals surface area contributed by atoms with Crippen LogP contribution in [0.15, 0.2) is 29.1 Å². The molecule has 1 aromatic carbocycles. The minimum Gasteiger partial charge on any atom is -0.481 e. The Labute approximate surface area is 117 Å². The van der Waals surface area contributed by atoms with Gasteiger partial charge in [-0.15, -0.1) is 0 Å². The van der Waals surface area contributed by atoms with Gasteiger partial charge in [-0.3, -0.25) is 9.59 Å². The van der Waals surface area contributed by atoms with E-state index in [9.17, 15) is 9.59 Å². The summed E-state index contributed by atoms with van der Waals surface area (Å²) >= 11 is 12.0. The Hall–Kier alpha value is -1.85. The summed E-state index contributed by atoms with van der Waals surface area (Å²) < 4.78 is 0. The number of hydrogen-bond donors (Lipinski definition) is 2. The highest BCUT2D eigenvalue weighted by molar-refractivity contribution is 6.38. The summed E-state index contributed by atoms with van der Waals surface area (Å²) in [4.78, 5) is 28.7. The van der Waals surface area contributed by atoms with Crippen LogP contribution in [0.2, 0.25) is 10.0 Å². The summed E-state index contributed by atoms with van der Waals surface area (Å²) in [6.45, 7) is 0. The Morgan fingerprint density at radius 2 is 1.95 bits per heavy atom. The maximum absolute atomic E-state index is 11.5. The Morgan fingerprint density at radius 1 is 1.32 bits per heavy atom. The first kappa shape index (κ1) is 13.6. The fraction of sp³-hybridized carbons (Fsp3) is 0.0833. The van der Waals surface area contributed by atoms with Crippen molar-refractivity contribution in [2.45, 2.75) is 6.42 Å². The molecular formula is C12H8Cl2N2O3. The van der Waals surface area contributed by atoms with Gasteiger partial charge in [-0.1, -0.05) is 29.3 Å². The van der Waals surface area contributed by atoms with Crippen molar-refractivity contribution in [1.29, 1.82) is 0 Å². The fourth-order valence-corrected chi connectivity index (χ4v) is 2.17. The van der Waals surface area contributed by atoms with Gasteiger partial charge in [-0.2, -0.15) is 0 Å². The zero-order chi connectivity index (χ0) is 14.0. The van der Waals surface area contributed by atoms with E-state index in [1.807, 2.05) is 0 Å². The molecule has 0 aliphatic rings. The fourth-order valence-electron chi connectivity index (χ4n) is 1.60. The number of aliphatic carboxylic acids is 1. The molecule has 0 saturated carbocycles. The van der Waals surface area contributed by atoms with Crippen molar-refractivity contribution < 1.29 is 9.90 Å². The SMILES string of the molecule is O=C(O)Cc1cc(=O)[nH]c(-c2c(Cl)cccc2Cl)n1. The first-order valence-corrected chi connectivity index (χ1v) is 5.99. The lowest BCUT2D eigenvalue weighted by molar-refractivity contribution is -0.136. The molecule has 0 radical (unpaired) electrons. The number of halogens is 2. The highest BCUT2D eigenvalue weighted by atomic mass is 35.5. The lowest BCUT2D eigenvalue weighted by atomic mass is 10.2. The number of nitrogens with one attached hydrogen (secondary N) is 1. The van der Waals surface area contributed by atoms with Gasteiger partial charge in [0.15, 0.2) is 0 Å². The third-order valence-corrected chi connectivity index (χ3v) is 2.96. The molecule has 7 heteroatoms. The lowest BCUT2D eigenvalue weighted by Gasteiger charge is -2.07. The predicted octanol–water partition coefficient (Wildman–Crippen LogP) is 2.37. The summed E-state index contributed by atoms with van der Waals surface area (Å²) in [5, 5.41) is 9.37. The Morgan fingerprint density at radius 3 is 2.53 bits per heavy atom. The van der Waals surface area contributed by atoms with Gasteiger partial charge in [-0.25, -0.2) is 4.98 Å². The molecule has 19 heavy (non-hydrogen) atoms. The van der Waals surface area contributed by atoms with Crippen LogP contribution in [0.1, 0.15) is 5.69 Å². The van der Waals surface area contributed by atoms with E-state index < -0.39 is 11.5 Å². The highest BCUT2D eigenvalue weighted by Crippen LogP contribution is 2.31. The minimum absolute atomic E-state index is 0.141. The topological polar surface area (TPSA) is 83.0 Å². The summed E-state index contributed by atoms with van der Waals surface area (Å²) in [6.07, 6.45) is -0.348. The van der Waals surface area contributed by atoms with E-state index in [0.717, 1.165) is 6.07 Å². The normalized spacial score (nSPS) is 10.4. The van der Waals surface area contributed by atoms with Crippen molar-refractivity contribution in [3.63, 3.8) is 0 Å². The van der Waals surface area contributed by atoms with Gasteiger partial charge in [-0.05, 0) is 12.1 Å². The molecule has 0 aliphatic carbocycles. The van der Waals surface area contributed by atoms with Gasteiger partial charge < -0.3 is 10.1 Å². The van der Waals surface area contributed by atoms with Crippen LogP contribution in [-0.2, 0) is 11.2 Å². The molecule has 5 nitrogen and oxygen atoms in total. The zero-order valence-electron chi connectivity index (χ0n) is 9.48. The molecule has 1 aromatic heterocycles. The molecule has 2 rings (SSSR count).